The van der Waals surface area contributed by atoms with Crippen LogP contribution in [-0.2, 0) is 0 Å². The summed E-state index contributed by atoms with van der Waals surface area (Å²) in [6.45, 7) is 6.25. The fraction of sp³-hybridized carbons (Fsp3) is 1.00. The van der Waals surface area contributed by atoms with Crippen molar-refractivity contribution in [1.29, 1.82) is 0 Å². The Morgan fingerprint density at radius 2 is 2.00 bits per heavy atom. The highest BCUT2D eigenvalue weighted by Gasteiger charge is 2.42. The Balaban J connectivity index is 1.98. The summed E-state index contributed by atoms with van der Waals surface area (Å²) in [4.78, 5) is 4.15. The first-order valence-corrected chi connectivity index (χ1v) is 5.32. The van der Waals surface area contributed by atoms with Crippen molar-refractivity contribution in [2.24, 2.45) is 5.41 Å². The van der Waals surface area contributed by atoms with Crippen LogP contribution in [-0.4, -0.2) is 49.0 Å². The van der Waals surface area contributed by atoms with Gasteiger partial charge in [0.05, 0.1) is 0 Å². The Bertz CT molecular complexity index is 264. The number of likely N-dealkylation sites (tertiary alicyclic amines) is 2. The minimum atomic E-state index is -1.89. The molecule has 0 amide bonds. The molecule has 0 aliphatic carbocycles. The third-order valence-electron chi connectivity index (χ3n) is 3.64. The molecule has 0 radical (unpaired) electrons. The Morgan fingerprint density at radius 1 is 1.23 bits per heavy atom. The minimum Gasteiger partial charge on any atom is -0.306 e. The lowest BCUT2D eigenvalue weighted by Gasteiger charge is -2.25. The van der Waals surface area contributed by atoms with Crippen molar-refractivity contribution >= 4 is 0 Å². The van der Waals surface area contributed by atoms with Crippen LogP contribution < -0.4 is 0 Å². The highest BCUT2D eigenvalue weighted by Crippen LogP contribution is 2.39. The Labute approximate surface area is 86.1 Å². The van der Waals surface area contributed by atoms with Crippen molar-refractivity contribution in [2.75, 3.05) is 33.2 Å². The molecule has 2 fully saturated rings. The maximum Gasteiger partial charge on any atom is 0.0394 e. The average molecular weight is 185 g/mol. The molecule has 0 aromatic rings. The highest BCUT2D eigenvalue weighted by molar-refractivity contribution is 4.96. The molecular weight excluding hydrogens is 160 g/mol. The van der Waals surface area contributed by atoms with E-state index in [1.807, 2.05) is 0 Å². The van der Waals surface area contributed by atoms with Crippen LogP contribution in [0.5, 0.6) is 0 Å². The normalized spacial score (nSPS) is 41.3. The highest BCUT2D eigenvalue weighted by atomic mass is 15.2. The molecule has 76 valence electrons. The van der Waals surface area contributed by atoms with Gasteiger partial charge in [-0.25, -0.2) is 0 Å². The molecule has 2 rings (SSSR count). The predicted octanol–water partition coefficient (Wildman–Crippen LogP) is 1.42. The number of rotatable bonds is 1. The second-order valence-corrected chi connectivity index (χ2v) is 4.99. The Hall–Kier alpha value is -0.0800. The maximum atomic E-state index is 7.46. The lowest BCUT2D eigenvalue weighted by Crippen LogP contribution is -2.33. The second-order valence-electron chi connectivity index (χ2n) is 4.99. The molecule has 13 heavy (non-hydrogen) atoms. The SMILES string of the molecule is [2H]C([2H])([2H])N1CCC2(CCN(C(C)C)C2)C1. The summed E-state index contributed by atoms with van der Waals surface area (Å²) in [5.74, 6) is 0. The van der Waals surface area contributed by atoms with E-state index in [0.29, 0.717) is 6.04 Å². The molecule has 2 aliphatic rings. The fourth-order valence-electron chi connectivity index (χ4n) is 2.68. The maximum absolute atomic E-state index is 7.46. The van der Waals surface area contributed by atoms with E-state index in [0.717, 1.165) is 39.0 Å². The van der Waals surface area contributed by atoms with Gasteiger partial charge >= 0.3 is 0 Å². The molecule has 2 aliphatic heterocycles. The topological polar surface area (TPSA) is 6.48 Å². The quantitative estimate of drug-likeness (QED) is 0.609. The second kappa shape index (κ2) is 3.25. The molecule has 1 atom stereocenters. The van der Waals surface area contributed by atoms with Gasteiger partial charge in [0.2, 0.25) is 0 Å². The first-order chi connectivity index (χ1) is 7.32. The lowest BCUT2D eigenvalue weighted by molar-refractivity contribution is 0.223. The molecule has 2 heterocycles. The summed E-state index contributed by atoms with van der Waals surface area (Å²) in [6, 6.07) is 0.584. The van der Waals surface area contributed by atoms with Crippen molar-refractivity contribution in [3.8, 4) is 0 Å². The summed E-state index contributed by atoms with van der Waals surface area (Å²) >= 11 is 0. The molecule has 1 unspecified atom stereocenters. The van der Waals surface area contributed by atoms with Crippen LogP contribution in [0.2, 0.25) is 0 Å². The summed E-state index contributed by atoms with van der Waals surface area (Å²) in [5, 5.41) is 0. The van der Waals surface area contributed by atoms with Gasteiger partial charge in [-0.05, 0) is 52.2 Å². The summed E-state index contributed by atoms with van der Waals surface area (Å²) < 4.78 is 22.4. The van der Waals surface area contributed by atoms with E-state index in [9.17, 15) is 0 Å². The zero-order valence-corrected chi connectivity index (χ0v) is 8.71. The third kappa shape index (κ3) is 1.75. The van der Waals surface area contributed by atoms with E-state index < -0.39 is 6.98 Å². The molecular formula is C11H22N2. The van der Waals surface area contributed by atoms with Gasteiger partial charge in [-0.3, -0.25) is 0 Å². The smallest absolute Gasteiger partial charge is 0.0394 e. The molecule has 1 spiro atoms. The molecule has 2 heteroatoms. The van der Waals surface area contributed by atoms with Gasteiger partial charge in [0.15, 0.2) is 0 Å². The van der Waals surface area contributed by atoms with E-state index in [1.54, 1.807) is 4.90 Å². The minimum absolute atomic E-state index is 0.263. The van der Waals surface area contributed by atoms with E-state index in [-0.39, 0.29) is 5.41 Å². The van der Waals surface area contributed by atoms with Crippen molar-refractivity contribution in [2.45, 2.75) is 32.7 Å². The number of hydrogen-bond donors (Lipinski definition) is 0. The van der Waals surface area contributed by atoms with Crippen LogP contribution >= 0.6 is 0 Å². The number of hydrogen-bond acceptors (Lipinski definition) is 2. The van der Waals surface area contributed by atoms with Crippen molar-refractivity contribution < 1.29 is 4.11 Å². The zero-order valence-electron chi connectivity index (χ0n) is 11.7. The summed E-state index contributed by atoms with van der Waals surface area (Å²) in [5.41, 5.74) is 0.263. The van der Waals surface area contributed by atoms with Crippen LogP contribution in [0.15, 0.2) is 0 Å². The standard InChI is InChI=1S/C11H22N2/c1-10(2)13-7-5-11(9-13)4-6-12(3)8-11/h10H,4-9H2,1-3H3/i3D3. The van der Waals surface area contributed by atoms with Crippen molar-refractivity contribution in [1.82, 2.24) is 9.80 Å². The van der Waals surface area contributed by atoms with Crippen LogP contribution in [0.4, 0.5) is 0 Å². The molecule has 2 saturated heterocycles. The van der Waals surface area contributed by atoms with Crippen LogP contribution in [0, 0.1) is 5.41 Å². The van der Waals surface area contributed by atoms with Gasteiger partial charge in [-0.2, -0.15) is 0 Å². The van der Waals surface area contributed by atoms with Gasteiger partial charge in [0.1, 0.15) is 0 Å². The van der Waals surface area contributed by atoms with Crippen molar-refractivity contribution in [3.63, 3.8) is 0 Å². The first kappa shape index (κ1) is 6.41. The van der Waals surface area contributed by atoms with E-state index >= 15 is 0 Å². The van der Waals surface area contributed by atoms with Crippen LogP contribution in [0.3, 0.4) is 0 Å². The van der Waals surface area contributed by atoms with Gasteiger partial charge in [0.25, 0.3) is 0 Å². The molecule has 2 nitrogen and oxygen atoms in total. The number of nitrogens with zero attached hydrogens (tertiary/aromatic N) is 2. The monoisotopic (exact) mass is 185 g/mol. The van der Waals surface area contributed by atoms with Crippen LogP contribution in [0.1, 0.15) is 30.8 Å². The molecule has 0 aromatic heterocycles. The predicted molar refractivity (Wildman–Crippen MR) is 55.9 cm³/mol. The molecule has 0 saturated carbocycles. The van der Waals surface area contributed by atoms with Gasteiger partial charge in [-0.15, -0.1) is 0 Å². The van der Waals surface area contributed by atoms with Gasteiger partial charge in [-0.1, -0.05) is 0 Å². The largest absolute Gasteiger partial charge is 0.306 e. The summed E-state index contributed by atoms with van der Waals surface area (Å²) in [6.07, 6.45) is 2.21. The van der Waals surface area contributed by atoms with E-state index in [1.165, 1.54) is 0 Å². The Morgan fingerprint density at radius 3 is 2.54 bits per heavy atom. The first-order valence-electron chi connectivity index (χ1n) is 6.82. The lowest BCUT2D eigenvalue weighted by atomic mass is 9.86. The van der Waals surface area contributed by atoms with Gasteiger partial charge in [0, 0.05) is 23.2 Å². The Kier molecular flexibility index (Phi) is 1.60. The third-order valence-corrected chi connectivity index (χ3v) is 3.64. The van der Waals surface area contributed by atoms with E-state index in [2.05, 4.69) is 18.7 Å². The average Bonchev–Trinajstić information content (AvgIpc) is 2.73. The van der Waals surface area contributed by atoms with E-state index in [4.69, 9.17) is 4.11 Å². The summed E-state index contributed by atoms with van der Waals surface area (Å²) in [7, 11) is 0. The van der Waals surface area contributed by atoms with Crippen molar-refractivity contribution in [3.05, 3.63) is 0 Å². The zero-order chi connectivity index (χ0) is 12.0. The fourth-order valence-corrected chi connectivity index (χ4v) is 2.68. The molecule has 0 N–H and O–H groups in total. The molecule has 0 aromatic carbocycles. The molecule has 0 bridgehead atoms. The van der Waals surface area contributed by atoms with Crippen LogP contribution in [0.25, 0.3) is 0 Å². The van der Waals surface area contributed by atoms with Gasteiger partial charge < -0.3 is 9.80 Å².